The van der Waals surface area contributed by atoms with E-state index in [9.17, 15) is 4.79 Å². The molecule has 2 aromatic heterocycles. The first-order valence-electron chi connectivity index (χ1n) is 11.8. The minimum absolute atomic E-state index is 0.0962. The molecular formula is C25H31N7O2. The molecule has 5 N–H and O–H groups in total. The fourth-order valence-corrected chi connectivity index (χ4v) is 4.91. The maximum Gasteiger partial charge on any atom is 0.276 e. The van der Waals surface area contributed by atoms with Crippen molar-refractivity contribution in [2.24, 2.45) is 11.7 Å². The molecule has 0 aliphatic carbocycles. The molecular weight excluding hydrogens is 430 g/mol. The van der Waals surface area contributed by atoms with E-state index in [1.54, 1.807) is 18.5 Å². The second-order valence-electron chi connectivity index (χ2n) is 9.26. The summed E-state index contributed by atoms with van der Waals surface area (Å²) in [5.74, 6) is 0.110. The predicted octanol–water partition coefficient (Wildman–Crippen LogP) is 2.47. The van der Waals surface area contributed by atoms with Gasteiger partial charge in [0.2, 0.25) is 0 Å². The van der Waals surface area contributed by atoms with Crippen LogP contribution in [0.15, 0.2) is 42.7 Å². The van der Waals surface area contributed by atoms with Crippen molar-refractivity contribution in [3.63, 3.8) is 0 Å². The zero-order valence-corrected chi connectivity index (χ0v) is 19.4. The van der Waals surface area contributed by atoms with Gasteiger partial charge in [-0.2, -0.15) is 0 Å². The summed E-state index contributed by atoms with van der Waals surface area (Å²) in [7, 11) is 0. The van der Waals surface area contributed by atoms with Gasteiger partial charge >= 0.3 is 0 Å². The Balaban J connectivity index is 1.42. The van der Waals surface area contributed by atoms with Crippen molar-refractivity contribution in [1.29, 1.82) is 0 Å². The van der Waals surface area contributed by atoms with E-state index < -0.39 is 0 Å². The number of ether oxygens (including phenoxy) is 1. The van der Waals surface area contributed by atoms with Gasteiger partial charge in [-0.15, -0.1) is 0 Å². The van der Waals surface area contributed by atoms with Crippen molar-refractivity contribution in [3.8, 4) is 0 Å². The van der Waals surface area contributed by atoms with Gasteiger partial charge in [0, 0.05) is 49.5 Å². The highest BCUT2D eigenvalue weighted by Crippen LogP contribution is 2.30. The highest BCUT2D eigenvalue weighted by Gasteiger charge is 2.25. The van der Waals surface area contributed by atoms with E-state index in [1.807, 2.05) is 18.2 Å². The Kier molecular flexibility index (Phi) is 6.21. The number of carbonyl (C=O) groups is 1. The second kappa shape index (κ2) is 9.44. The van der Waals surface area contributed by atoms with Crippen LogP contribution in [0.25, 0.3) is 10.9 Å². The lowest BCUT2D eigenvalue weighted by atomic mass is 9.96. The molecule has 2 unspecified atom stereocenters. The summed E-state index contributed by atoms with van der Waals surface area (Å²) in [4.78, 5) is 26.6. The Hall–Kier alpha value is -3.43. The Morgan fingerprint density at radius 2 is 1.97 bits per heavy atom. The molecule has 2 saturated heterocycles. The standard InChI is InChI=1S/C25H31N7O2/c1-16-10-18(26)15-32(14-16)23-4-5-28-13-22(23)30-25(33)24-20(27)11-17-2-3-19(12-21(17)29-24)31-6-8-34-9-7-31/h2-5,11-13,16,18H,6-10,14-15,26-27H2,1H3,(H,30,33). The number of pyridine rings is 2. The Labute approximate surface area is 199 Å². The van der Waals surface area contributed by atoms with Crippen LogP contribution in [0.2, 0.25) is 0 Å². The molecule has 3 aromatic rings. The number of carbonyl (C=O) groups excluding carboxylic acids is 1. The molecule has 2 atom stereocenters. The van der Waals surface area contributed by atoms with Crippen molar-refractivity contribution < 1.29 is 9.53 Å². The zero-order valence-electron chi connectivity index (χ0n) is 19.4. The Morgan fingerprint density at radius 1 is 1.15 bits per heavy atom. The van der Waals surface area contributed by atoms with E-state index in [0.717, 1.165) is 54.9 Å². The van der Waals surface area contributed by atoms with E-state index in [-0.39, 0.29) is 17.6 Å². The van der Waals surface area contributed by atoms with Crippen molar-refractivity contribution in [3.05, 3.63) is 48.4 Å². The Bertz CT molecular complexity index is 1190. The second-order valence-corrected chi connectivity index (χ2v) is 9.26. The van der Waals surface area contributed by atoms with Gasteiger partial charge in [0.05, 0.1) is 42.0 Å². The lowest BCUT2D eigenvalue weighted by Gasteiger charge is -2.37. The van der Waals surface area contributed by atoms with Crippen LogP contribution in [0, 0.1) is 5.92 Å². The van der Waals surface area contributed by atoms with E-state index in [2.05, 4.69) is 38.1 Å². The molecule has 0 bridgehead atoms. The molecule has 1 aromatic carbocycles. The average molecular weight is 462 g/mol. The lowest BCUT2D eigenvalue weighted by Crippen LogP contribution is -2.46. The minimum atomic E-state index is -0.361. The van der Waals surface area contributed by atoms with E-state index in [1.165, 1.54) is 0 Å². The molecule has 1 amide bonds. The van der Waals surface area contributed by atoms with Crippen LogP contribution in [0.1, 0.15) is 23.8 Å². The van der Waals surface area contributed by atoms with Gasteiger partial charge in [-0.1, -0.05) is 13.0 Å². The molecule has 2 aliphatic heterocycles. The largest absolute Gasteiger partial charge is 0.397 e. The van der Waals surface area contributed by atoms with Gasteiger partial charge in [-0.05, 0) is 36.6 Å². The highest BCUT2D eigenvalue weighted by molar-refractivity contribution is 6.09. The van der Waals surface area contributed by atoms with Crippen LogP contribution in [0.4, 0.5) is 22.7 Å². The summed E-state index contributed by atoms with van der Waals surface area (Å²) in [6.07, 6.45) is 4.38. The fourth-order valence-electron chi connectivity index (χ4n) is 4.91. The van der Waals surface area contributed by atoms with Crippen molar-refractivity contribution in [2.45, 2.75) is 19.4 Å². The van der Waals surface area contributed by atoms with Gasteiger partial charge < -0.3 is 31.3 Å². The molecule has 0 saturated carbocycles. The first-order chi connectivity index (χ1) is 16.5. The molecule has 5 rings (SSSR count). The minimum Gasteiger partial charge on any atom is -0.397 e. The van der Waals surface area contributed by atoms with E-state index in [4.69, 9.17) is 16.2 Å². The number of anilines is 4. The normalized spacial score (nSPS) is 21.0. The quantitative estimate of drug-likeness (QED) is 0.542. The van der Waals surface area contributed by atoms with Crippen LogP contribution in [0.3, 0.4) is 0 Å². The lowest BCUT2D eigenvalue weighted by molar-refractivity contribution is 0.102. The molecule has 2 fully saturated rings. The van der Waals surface area contributed by atoms with Crippen LogP contribution >= 0.6 is 0 Å². The Morgan fingerprint density at radius 3 is 2.76 bits per heavy atom. The highest BCUT2D eigenvalue weighted by atomic mass is 16.5. The summed E-state index contributed by atoms with van der Waals surface area (Å²) in [6.45, 7) is 6.87. The molecule has 34 heavy (non-hydrogen) atoms. The van der Waals surface area contributed by atoms with Gasteiger partial charge in [0.15, 0.2) is 5.69 Å². The zero-order chi connectivity index (χ0) is 23.7. The number of rotatable bonds is 4. The molecule has 0 spiro atoms. The summed E-state index contributed by atoms with van der Waals surface area (Å²) in [6, 6.07) is 9.86. The number of hydrogen-bond acceptors (Lipinski definition) is 8. The number of nitrogens with two attached hydrogens (primary N) is 2. The van der Waals surface area contributed by atoms with Gasteiger partial charge in [-0.3, -0.25) is 9.78 Å². The first-order valence-corrected chi connectivity index (χ1v) is 11.8. The predicted molar refractivity (Wildman–Crippen MR) is 135 cm³/mol. The summed E-state index contributed by atoms with van der Waals surface area (Å²) >= 11 is 0. The fraction of sp³-hybridized carbons (Fsp3) is 0.400. The van der Waals surface area contributed by atoms with Crippen molar-refractivity contribution >= 4 is 39.6 Å². The number of aromatic nitrogens is 2. The number of nitrogens with one attached hydrogen (secondary N) is 1. The van der Waals surface area contributed by atoms with Gasteiger partial charge in [-0.25, -0.2) is 4.98 Å². The summed E-state index contributed by atoms with van der Waals surface area (Å²) < 4.78 is 5.45. The monoisotopic (exact) mass is 461 g/mol. The summed E-state index contributed by atoms with van der Waals surface area (Å²) in [5, 5.41) is 3.88. The number of nitrogen functional groups attached to an aromatic ring is 1. The topological polar surface area (TPSA) is 123 Å². The number of hydrogen-bond donors (Lipinski definition) is 3. The molecule has 9 heteroatoms. The molecule has 0 radical (unpaired) electrons. The maximum absolute atomic E-state index is 13.3. The number of amides is 1. The SMILES string of the molecule is CC1CC(N)CN(c2ccncc2NC(=O)c2nc3cc(N4CCOCC4)ccc3cc2N)C1. The number of piperidine rings is 1. The van der Waals surface area contributed by atoms with Crippen LogP contribution < -0.4 is 26.6 Å². The first kappa shape index (κ1) is 22.4. The number of benzene rings is 1. The molecule has 9 nitrogen and oxygen atoms in total. The van der Waals surface area contributed by atoms with Crippen LogP contribution in [-0.2, 0) is 4.74 Å². The number of nitrogens with zero attached hydrogens (tertiary/aromatic N) is 4. The van der Waals surface area contributed by atoms with Gasteiger partial charge in [0.1, 0.15) is 0 Å². The van der Waals surface area contributed by atoms with Crippen LogP contribution in [0.5, 0.6) is 0 Å². The van der Waals surface area contributed by atoms with Crippen LogP contribution in [-0.4, -0.2) is 61.3 Å². The molecule has 2 aliphatic rings. The molecule has 4 heterocycles. The van der Waals surface area contributed by atoms with E-state index in [0.29, 0.717) is 30.5 Å². The maximum atomic E-state index is 13.3. The molecule has 178 valence electrons. The number of fused-ring (bicyclic) bond motifs is 1. The number of morpholine rings is 1. The third kappa shape index (κ3) is 4.62. The average Bonchev–Trinajstić information content (AvgIpc) is 2.83. The van der Waals surface area contributed by atoms with Gasteiger partial charge in [0.25, 0.3) is 5.91 Å². The van der Waals surface area contributed by atoms with Crippen molar-refractivity contribution in [1.82, 2.24) is 9.97 Å². The smallest absolute Gasteiger partial charge is 0.276 e. The van der Waals surface area contributed by atoms with Crippen molar-refractivity contribution in [2.75, 3.05) is 60.2 Å². The summed E-state index contributed by atoms with van der Waals surface area (Å²) in [5.41, 5.74) is 16.3. The third-order valence-electron chi connectivity index (χ3n) is 6.50. The third-order valence-corrected chi connectivity index (χ3v) is 6.50. The van der Waals surface area contributed by atoms with E-state index >= 15 is 0 Å².